The summed E-state index contributed by atoms with van der Waals surface area (Å²) in [5, 5.41) is 0. The fraction of sp³-hybridized carbons (Fsp3) is 0. The van der Waals surface area contributed by atoms with Gasteiger partial charge in [-0.3, -0.25) is 0 Å². The van der Waals surface area contributed by atoms with E-state index in [0.717, 1.165) is 34.9 Å². The number of halogens is 10. The van der Waals surface area contributed by atoms with E-state index in [9.17, 15) is 8.78 Å². The Labute approximate surface area is 397 Å². The summed E-state index contributed by atoms with van der Waals surface area (Å²) < 4.78 is 165. The molecule has 9 aromatic carbocycles. The van der Waals surface area contributed by atoms with Crippen LogP contribution in [0.3, 0.4) is 0 Å². The molecule has 1 aromatic heterocycles. The van der Waals surface area contributed by atoms with Crippen molar-refractivity contribution < 1.29 is 43.9 Å². The predicted molar refractivity (Wildman–Crippen MR) is 255 cm³/mol. The summed E-state index contributed by atoms with van der Waals surface area (Å²) in [5.41, 5.74) is 0.676. The van der Waals surface area contributed by atoms with Crippen LogP contribution < -0.4 is 26.2 Å². The van der Waals surface area contributed by atoms with Crippen LogP contribution in [0.1, 0.15) is 0 Å². The van der Waals surface area contributed by atoms with Gasteiger partial charge >= 0.3 is 0 Å². The van der Waals surface area contributed by atoms with Gasteiger partial charge in [0.2, 0.25) is 0 Å². The van der Waals surface area contributed by atoms with Crippen molar-refractivity contribution in [1.29, 1.82) is 0 Å². The van der Waals surface area contributed by atoms with E-state index in [2.05, 4.69) is 13.6 Å². The average molecular weight is 967 g/mol. The van der Waals surface area contributed by atoms with Gasteiger partial charge in [-0.2, -0.15) is 8.75 Å². The molecule has 344 valence electrons. The van der Waals surface area contributed by atoms with E-state index >= 15 is 35.1 Å². The van der Waals surface area contributed by atoms with Gasteiger partial charge in [-0.15, -0.1) is 0 Å². The van der Waals surface area contributed by atoms with E-state index in [0.29, 0.717) is 22.5 Å². The Bertz CT molecular complexity index is 3360. The summed E-state index contributed by atoms with van der Waals surface area (Å²) in [6.45, 7) is -2.90. The normalized spacial score (nSPS) is 11.3. The maximum atomic E-state index is 16.3. The van der Waals surface area contributed by atoms with Crippen molar-refractivity contribution >= 4 is 80.0 Å². The van der Waals surface area contributed by atoms with E-state index < -0.39 is 81.3 Å². The first-order valence-corrected chi connectivity index (χ1v) is 22.0. The van der Waals surface area contributed by atoms with Gasteiger partial charge in [0, 0.05) is 56.2 Å². The van der Waals surface area contributed by atoms with Gasteiger partial charge in [-0.05, 0) is 83.9 Å². The van der Waals surface area contributed by atoms with Gasteiger partial charge in [0.1, 0.15) is 11.0 Å². The van der Waals surface area contributed by atoms with Crippen molar-refractivity contribution in [2.45, 2.75) is 0 Å². The van der Waals surface area contributed by atoms with Gasteiger partial charge in [0.05, 0.1) is 11.7 Å². The number of hydrogen-bond donors (Lipinski definition) is 0. The van der Waals surface area contributed by atoms with Crippen molar-refractivity contribution in [3.8, 4) is 22.3 Å². The number of rotatable bonds is 11. The molecule has 1 heterocycles. The van der Waals surface area contributed by atoms with Crippen LogP contribution in [-0.4, -0.2) is 15.5 Å². The third-order valence-electron chi connectivity index (χ3n) is 11.9. The van der Waals surface area contributed by atoms with Crippen LogP contribution >= 0.6 is 11.7 Å². The second-order valence-corrected chi connectivity index (χ2v) is 16.4. The molecule has 0 aliphatic heterocycles. The Morgan fingerprint density at radius 2 is 0.629 bits per heavy atom. The third kappa shape index (κ3) is 7.89. The summed E-state index contributed by atoms with van der Waals surface area (Å²) in [6, 6.07) is 50.9. The van der Waals surface area contributed by atoms with Crippen molar-refractivity contribution in [3.63, 3.8) is 0 Å². The number of fused-ring (bicyclic) bond motifs is 1. The molecule has 0 radical (unpaired) electrons. The molecular weight excluding hydrogens is 937 g/mol. The standard InChI is InChI=1S/C54H29BF10N4S/c56-43-41(44(57)48(61)51(64)47(43)60)55(42-45(58)49(62)52(65)50(63)46(42)59)40-29-36(69(33-17-9-3-10-18-33)34-19-11-4-12-20-34)25-26-38(40)39-28-27-37(53-54(39)67-70-66-53)30-21-23-35(24-22-30)68(31-13-5-1-6-14-31)32-15-7-2-8-16-32/h1-29H. The first kappa shape index (κ1) is 45.5. The lowest BCUT2D eigenvalue weighted by Crippen LogP contribution is -2.58. The predicted octanol–water partition coefficient (Wildman–Crippen LogP) is 13.9. The zero-order valence-electron chi connectivity index (χ0n) is 35.8. The number of para-hydroxylation sites is 4. The summed E-state index contributed by atoms with van der Waals surface area (Å²) >= 11 is 0.765. The molecule has 10 aromatic rings. The summed E-state index contributed by atoms with van der Waals surface area (Å²) in [6.07, 6.45) is 0. The Morgan fingerprint density at radius 3 is 1.04 bits per heavy atom. The molecule has 0 N–H and O–H groups in total. The molecule has 0 aliphatic rings. The molecule has 4 nitrogen and oxygen atoms in total. The van der Waals surface area contributed by atoms with Crippen LogP contribution in [0.5, 0.6) is 0 Å². The molecular formula is C54H29BF10N4S. The van der Waals surface area contributed by atoms with Crippen LogP contribution in [-0.2, 0) is 0 Å². The molecule has 16 heteroatoms. The van der Waals surface area contributed by atoms with Crippen molar-refractivity contribution in [2.24, 2.45) is 0 Å². The smallest absolute Gasteiger partial charge is 0.258 e. The molecule has 70 heavy (non-hydrogen) atoms. The van der Waals surface area contributed by atoms with Gasteiger partial charge in [0.15, 0.2) is 58.2 Å². The topological polar surface area (TPSA) is 32.3 Å². The minimum atomic E-state index is -2.90. The summed E-state index contributed by atoms with van der Waals surface area (Å²) in [5.74, 6) is -25.6. The Balaban J connectivity index is 1.22. The third-order valence-corrected chi connectivity index (χ3v) is 12.4. The van der Waals surface area contributed by atoms with Crippen LogP contribution in [0, 0.1) is 58.2 Å². The van der Waals surface area contributed by atoms with Gasteiger partial charge in [0.25, 0.3) is 6.71 Å². The molecule has 0 unspecified atom stereocenters. The Hall–Kier alpha value is -8.24. The fourth-order valence-electron chi connectivity index (χ4n) is 8.69. The highest BCUT2D eigenvalue weighted by atomic mass is 32.1. The first-order valence-electron chi connectivity index (χ1n) is 21.3. The van der Waals surface area contributed by atoms with E-state index in [-0.39, 0.29) is 27.8 Å². The molecule has 0 fully saturated rings. The minimum Gasteiger partial charge on any atom is -0.311 e. The lowest BCUT2D eigenvalue weighted by Gasteiger charge is -2.28. The Morgan fingerprint density at radius 1 is 0.314 bits per heavy atom. The molecule has 0 saturated heterocycles. The number of anilines is 6. The number of hydrogen-bond acceptors (Lipinski definition) is 5. The van der Waals surface area contributed by atoms with Gasteiger partial charge in [-0.1, -0.05) is 109 Å². The van der Waals surface area contributed by atoms with Crippen LogP contribution in [0.25, 0.3) is 33.3 Å². The highest BCUT2D eigenvalue weighted by molar-refractivity contribution is 7.00. The molecule has 0 amide bonds. The molecule has 0 spiro atoms. The second kappa shape index (κ2) is 18.7. The van der Waals surface area contributed by atoms with E-state index in [1.807, 2.05) is 84.9 Å². The SMILES string of the molecule is Fc1c(F)c(F)c(B(c2cc(N(c3ccccc3)c3ccccc3)ccc2-c2ccc(-c3ccc(N(c4ccccc4)c4ccccc4)cc3)c3nsnc23)c2c(F)c(F)c(F)c(F)c2F)c(F)c1F. The minimum absolute atomic E-state index is 0.0636. The molecule has 0 aliphatic carbocycles. The van der Waals surface area contributed by atoms with E-state index in [1.54, 1.807) is 71.6 Å². The summed E-state index contributed by atoms with van der Waals surface area (Å²) in [7, 11) is 0. The van der Waals surface area contributed by atoms with E-state index in [1.165, 1.54) is 18.2 Å². The molecule has 0 bridgehead atoms. The van der Waals surface area contributed by atoms with Gasteiger partial charge < -0.3 is 9.80 Å². The largest absolute Gasteiger partial charge is 0.311 e. The molecule has 10 rings (SSSR count). The number of aromatic nitrogens is 2. The fourth-order valence-corrected chi connectivity index (χ4v) is 9.26. The van der Waals surface area contributed by atoms with Crippen molar-refractivity contribution in [2.75, 3.05) is 9.80 Å². The van der Waals surface area contributed by atoms with Crippen LogP contribution in [0.2, 0.25) is 0 Å². The van der Waals surface area contributed by atoms with Crippen LogP contribution in [0.4, 0.5) is 78.0 Å². The number of benzene rings is 9. The zero-order valence-corrected chi connectivity index (χ0v) is 36.6. The van der Waals surface area contributed by atoms with Crippen LogP contribution in [0.15, 0.2) is 176 Å². The lowest BCUT2D eigenvalue weighted by atomic mass is 9.35. The second-order valence-electron chi connectivity index (χ2n) is 15.9. The first-order chi connectivity index (χ1) is 33.9. The van der Waals surface area contributed by atoms with Gasteiger partial charge in [-0.25, -0.2) is 43.9 Å². The molecule has 0 atom stereocenters. The summed E-state index contributed by atoms with van der Waals surface area (Å²) in [4.78, 5) is 3.66. The van der Waals surface area contributed by atoms with E-state index in [4.69, 9.17) is 0 Å². The maximum Gasteiger partial charge on any atom is 0.258 e. The maximum absolute atomic E-state index is 16.3. The highest BCUT2D eigenvalue weighted by Crippen LogP contribution is 2.40. The highest BCUT2D eigenvalue weighted by Gasteiger charge is 2.42. The average Bonchev–Trinajstić information content (AvgIpc) is 3.90. The van der Waals surface area contributed by atoms with Crippen molar-refractivity contribution in [1.82, 2.24) is 8.75 Å². The zero-order chi connectivity index (χ0) is 48.8. The Kier molecular flexibility index (Phi) is 12.2. The quantitative estimate of drug-likeness (QED) is 0.0560. The number of nitrogens with zero attached hydrogens (tertiary/aromatic N) is 4. The lowest BCUT2D eigenvalue weighted by molar-refractivity contribution is 0.382. The molecule has 0 saturated carbocycles. The van der Waals surface area contributed by atoms with Crippen molar-refractivity contribution in [3.05, 3.63) is 234 Å². The monoisotopic (exact) mass is 966 g/mol.